The van der Waals surface area contributed by atoms with Crippen LogP contribution in [0.4, 0.5) is 5.82 Å². The molecule has 0 aliphatic heterocycles. The second-order valence-electron chi connectivity index (χ2n) is 3.96. The number of aryl methyl sites for hydroxylation is 2. The number of aromatic nitrogens is 4. The van der Waals surface area contributed by atoms with Crippen LogP contribution >= 0.6 is 0 Å². The Morgan fingerprint density at radius 1 is 1.35 bits per heavy atom. The SMILES string of the molecule is CCCn1cncc1-c1nc(CC)n(N)c1N. The van der Waals surface area contributed by atoms with E-state index < -0.39 is 0 Å². The predicted molar refractivity (Wildman–Crippen MR) is 67.7 cm³/mol. The Balaban J connectivity index is 2.49. The van der Waals surface area contributed by atoms with Crippen LogP contribution in [0.1, 0.15) is 26.1 Å². The van der Waals surface area contributed by atoms with Gasteiger partial charge in [0.1, 0.15) is 11.5 Å². The number of nitrogens with two attached hydrogens (primary N) is 2. The second-order valence-corrected chi connectivity index (χ2v) is 3.96. The van der Waals surface area contributed by atoms with E-state index in [-0.39, 0.29) is 0 Å². The van der Waals surface area contributed by atoms with Crippen molar-refractivity contribution in [3.63, 3.8) is 0 Å². The molecule has 0 spiro atoms. The number of nitrogens with zero attached hydrogens (tertiary/aromatic N) is 4. The molecule has 0 saturated heterocycles. The molecule has 0 aliphatic rings. The average Bonchev–Trinajstić information content (AvgIpc) is 2.87. The van der Waals surface area contributed by atoms with E-state index in [1.165, 1.54) is 4.68 Å². The van der Waals surface area contributed by atoms with E-state index in [2.05, 4.69) is 16.9 Å². The molecule has 6 heteroatoms. The minimum absolute atomic E-state index is 0.486. The molecule has 2 aromatic rings. The largest absolute Gasteiger partial charge is 0.382 e. The third-order valence-corrected chi connectivity index (χ3v) is 2.76. The molecule has 0 atom stereocenters. The molecule has 0 aliphatic carbocycles. The van der Waals surface area contributed by atoms with Gasteiger partial charge in [-0.1, -0.05) is 13.8 Å². The van der Waals surface area contributed by atoms with Gasteiger partial charge >= 0.3 is 0 Å². The van der Waals surface area contributed by atoms with Crippen LogP contribution in [0.3, 0.4) is 0 Å². The minimum atomic E-state index is 0.486. The maximum atomic E-state index is 5.97. The molecule has 6 nitrogen and oxygen atoms in total. The monoisotopic (exact) mass is 234 g/mol. The van der Waals surface area contributed by atoms with Crippen LogP contribution in [-0.4, -0.2) is 19.2 Å². The summed E-state index contributed by atoms with van der Waals surface area (Å²) in [5, 5.41) is 0. The Kier molecular flexibility index (Phi) is 3.03. The van der Waals surface area contributed by atoms with Gasteiger partial charge in [0.15, 0.2) is 5.82 Å². The third kappa shape index (κ3) is 1.86. The fourth-order valence-electron chi connectivity index (χ4n) is 1.87. The van der Waals surface area contributed by atoms with E-state index in [0.29, 0.717) is 5.82 Å². The van der Waals surface area contributed by atoms with E-state index in [0.717, 1.165) is 36.6 Å². The molecule has 0 saturated carbocycles. The van der Waals surface area contributed by atoms with E-state index in [9.17, 15) is 0 Å². The second kappa shape index (κ2) is 4.48. The highest BCUT2D eigenvalue weighted by molar-refractivity contribution is 5.68. The summed E-state index contributed by atoms with van der Waals surface area (Å²) in [6, 6.07) is 0. The van der Waals surface area contributed by atoms with Crippen LogP contribution in [-0.2, 0) is 13.0 Å². The molecule has 4 N–H and O–H groups in total. The van der Waals surface area contributed by atoms with Crippen LogP contribution in [0.25, 0.3) is 11.4 Å². The lowest BCUT2D eigenvalue weighted by Crippen LogP contribution is -2.14. The zero-order valence-electron chi connectivity index (χ0n) is 10.2. The lowest BCUT2D eigenvalue weighted by molar-refractivity contribution is 0.683. The highest BCUT2D eigenvalue weighted by Crippen LogP contribution is 2.24. The molecular formula is C11H18N6. The number of hydrogen-bond acceptors (Lipinski definition) is 4. The summed E-state index contributed by atoms with van der Waals surface area (Å²) in [6.45, 7) is 5.01. The highest BCUT2D eigenvalue weighted by Gasteiger charge is 2.16. The van der Waals surface area contributed by atoms with Crippen molar-refractivity contribution in [3.05, 3.63) is 18.3 Å². The van der Waals surface area contributed by atoms with Crippen molar-refractivity contribution in [2.75, 3.05) is 11.6 Å². The Morgan fingerprint density at radius 2 is 2.12 bits per heavy atom. The minimum Gasteiger partial charge on any atom is -0.382 e. The van der Waals surface area contributed by atoms with Gasteiger partial charge in [-0.2, -0.15) is 0 Å². The first-order valence-electron chi connectivity index (χ1n) is 5.81. The molecule has 0 fully saturated rings. The molecular weight excluding hydrogens is 216 g/mol. The first kappa shape index (κ1) is 11.5. The first-order valence-corrected chi connectivity index (χ1v) is 5.81. The summed E-state index contributed by atoms with van der Waals surface area (Å²) >= 11 is 0. The lowest BCUT2D eigenvalue weighted by Gasteiger charge is -2.04. The van der Waals surface area contributed by atoms with Gasteiger partial charge in [0.25, 0.3) is 0 Å². The molecule has 2 heterocycles. The number of rotatable bonds is 4. The van der Waals surface area contributed by atoms with Crippen molar-refractivity contribution in [1.29, 1.82) is 0 Å². The molecule has 0 unspecified atom stereocenters. The van der Waals surface area contributed by atoms with Crippen molar-refractivity contribution in [2.24, 2.45) is 0 Å². The van der Waals surface area contributed by atoms with Gasteiger partial charge in [-0.05, 0) is 6.42 Å². The van der Waals surface area contributed by atoms with E-state index in [1.807, 2.05) is 11.5 Å². The van der Waals surface area contributed by atoms with Gasteiger partial charge in [0.05, 0.1) is 18.2 Å². The van der Waals surface area contributed by atoms with Gasteiger partial charge in [0.2, 0.25) is 0 Å². The standard InChI is InChI=1S/C11H18N6/c1-3-5-16-7-14-6-8(16)10-11(12)17(13)9(4-2)15-10/h6-7H,3-5,12-13H2,1-2H3. The van der Waals surface area contributed by atoms with Crippen molar-refractivity contribution in [2.45, 2.75) is 33.2 Å². The van der Waals surface area contributed by atoms with Crippen molar-refractivity contribution < 1.29 is 0 Å². The molecule has 2 aromatic heterocycles. The quantitative estimate of drug-likeness (QED) is 0.773. The summed E-state index contributed by atoms with van der Waals surface area (Å²) in [6.07, 6.45) is 5.35. The smallest absolute Gasteiger partial charge is 0.152 e. The summed E-state index contributed by atoms with van der Waals surface area (Å²) in [4.78, 5) is 8.61. The van der Waals surface area contributed by atoms with Crippen LogP contribution in [0, 0.1) is 0 Å². The normalized spacial score (nSPS) is 10.9. The fraction of sp³-hybridized carbons (Fsp3) is 0.455. The molecule has 0 bridgehead atoms. The topological polar surface area (TPSA) is 87.7 Å². The third-order valence-electron chi connectivity index (χ3n) is 2.76. The maximum Gasteiger partial charge on any atom is 0.152 e. The number of imidazole rings is 2. The Hall–Kier alpha value is -1.98. The molecule has 0 amide bonds. The average molecular weight is 234 g/mol. The molecule has 0 radical (unpaired) electrons. The highest BCUT2D eigenvalue weighted by atomic mass is 15.4. The number of anilines is 1. The van der Waals surface area contributed by atoms with Gasteiger partial charge in [-0.3, -0.25) is 0 Å². The summed E-state index contributed by atoms with van der Waals surface area (Å²) in [5.74, 6) is 7.11. The molecule has 92 valence electrons. The van der Waals surface area contributed by atoms with Crippen molar-refractivity contribution in [1.82, 2.24) is 19.2 Å². The van der Waals surface area contributed by atoms with Crippen molar-refractivity contribution >= 4 is 5.82 Å². The van der Waals surface area contributed by atoms with E-state index >= 15 is 0 Å². The summed E-state index contributed by atoms with van der Waals surface area (Å²) in [5.41, 5.74) is 7.61. The van der Waals surface area contributed by atoms with Crippen LogP contribution in [0.5, 0.6) is 0 Å². The van der Waals surface area contributed by atoms with Gasteiger partial charge in [-0.25, -0.2) is 14.6 Å². The molecule has 0 aromatic carbocycles. The fourth-order valence-corrected chi connectivity index (χ4v) is 1.87. The zero-order valence-corrected chi connectivity index (χ0v) is 10.2. The Bertz CT molecular complexity index is 510. The number of hydrogen-bond donors (Lipinski definition) is 2. The predicted octanol–water partition coefficient (Wildman–Crippen LogP) is 1.01. The summed E-state index contributed by atoms with van der Waals surface area (Å²) in [7, 11) is 0. The van der Waals surface area contributed by atoms with Crippen LogP contribution in [0.15, 0.2) is 12.5 Å². The lowest BCUT2D eigenvalue weighted by atomic mass is 10.3. The first-order chi connectivity index (χ1) is 8.19. The van der Waals surface area contributed by atoms with E-state index in [1.54, 1.807) is 12.5 Å². The van der Waals surface area contributed by atoms with Gasteiger partial charge in [0, 0.05) is 13.0 Å². The van der Waals surface area contributed by atoms with Crippen molar-refractivity contribution in [3.8, 4) is 11.4 Å². The number of nitrogen functional groups attached to an aromatic ring is 2. The molecule has 2 rings (SSSR count). The maximum absolute atomic E-state index is 5.97. The van der Waals surface area contributed by atoms with Gasteiger partial charge in [-0.15, -0.1) is 0 Å². The van der Waals surface area contributed by atoms with E-state index in [4.69, 9.17) is 11.6 Å². The summed E-state index contributed by atoms with van der Waals surface area (Å²) < 4.78 is 3.48. The Morgan fingerprint density at radius 3 is 2.71 bits per heavy atom. The zero-order chi connectivity index (χ0) is 12.4. The van der Waals surface area contributed by atoms with Gasteiger partial charge < -0.3 is 16.1 Å². The molecule has 17 heavy (non-hydrogen) atoms. The van der Waals surface area contributed by atoms with Crippen LogP contribution < -0.4 is 11.6 Å². The van der Waals surface area contributed by atoms with Crippen LogP contribution in [0.2, 0.25) is 0 Å². The Labute approximate surface area is 100 Å².